The number of aromatic nitrogens is 1. The van der Waals surface area contributed by atoms with Crippen LogP contribution in [0, 0.1) is 13.8 Å². The Kier molecular flexibility index (Phi) is 7.34. The van der Waals surface area contributed by atoms with E-state index in [1.165, 1.54) is 0 Å². The van der Waals surface area contributed by atoms with Crippen molar-refractivity contribution in [2.75, 3.05) is 39.2 Å². The summed E-state index contributed by atoms with van der Waals surface area (Å²) >= 11 is 3.34. The largest absolute Gasteiger partial charge is 0.496 e. The first-order chi connectivity index (χ1) is 9.10. The molecule has 0 spiro atoms. The summed E-state index contributed by atoms with van der Waals surface area (Å²) in [6.07, 6.45) is 1.87. The molecule has 0 radical (unpaired) electrons. The molecule has 0 unspecified atom stereocenters. The Hall–Kier alpha value is -0.650. The molecule has 1 rings (SSSR count). The SMILES string of the molecule is COc1c(C)cnc(CN(C)CCOCCBr)c1C. The average molecular weight is 331 g/mol. The van der Waals surface area contributed by atoms with E-state index in [0.717, 1.165) is 54.2 Å². The monoisotopic (exact) mass is 330 g/mol. The van der Waals surface area contributed by atoms with E-state index in [0.29, 0.717) is 0 Å². The Balaban J connectivity index is 2.57. The van der Waals surface area contributed by atoms with E-state index in [4.69, 9.17) is 9.47 Å². The topological polar surface area (TPSA) is 34.6 Å². The lowest BCUT2D eigenvalue weighted by Gasteiger charge is -2.19. The van der Waals surface area contributed by atoms with Crippen LogP contribution in [0.15, 0.2) is 6.20 Å². The predicted molar refractivity (Wildman–Crippen MR) is 81.2 cm³/mol. The van der Waals surface area contributed by atoms with Crippen molar-refractivity contribution in [3.8, 4) is 5.75 Å². The van der Waals surface area contributed by atoms with Gasteiger partial charge in [0.25, 0.3) is 0 Å². The third-order valence-electron chi connectivity index (χ3n) is 3.01. The van der Waals surface area contributed by atoms with Crippen LogP contribution in [0.25, 0.3) is 0 Å². The summed E-state index contributed by atoms with van der Waals surface area (Å²) < 4.78 is 10.9. The van der Waals surface area contributed by atoms with E-state index >= 15 is 0 Å². The van der Waals surface area contributed by atoms with E-state index in [1.54, 1.807) is 7.11 Å². The van der Waals surface area contributed by atoms with Crippen LogP contribution in [-0.2, 0) is 11.3 Å². The number of halogens is 1. The summed E-state index contributed by atoms with van der Waals surface area (Å²) in [5, 5.41) is 0.881. The van der Waals surface area contributed by atoms with Crippen LogP contribution in [0.3, 0.4) is 0 Å². The Labute approximate surface area is 124 Å². The molecule has 0 fully saturated rings. The molecule has 0 aliphatic heterocycles. The Bertz CT molecular complexity index is 399. The first kappa shape index (κ1) is 16.4. The number of hydrogen-bond acceptors (Lipinski definition) is 4. The molecule has 0 N–H and O–H groups in total. The Morgan fingerprint density at radius 3 is 2.68 bits per heavy atom. The zero-order valence-electron chi connectivity index (χ0n) is 12.2. The first-order valence-corrected chi connectivity index (χ1v) is 7.53. The zero-order chi connectivity index (χ0) is 14.3. The third-order valence-corrected chi connectivity index (χ3v) is 3.33. The fourth-order valence-electron chi connectivity index (χ4n) is 1.94. The highest BCUT2D eigenvalue weighted by Crippen LogP contribution is 2.24. The molecule has 0 amide bonds. The highest BCUT2D eigenvalue weighted by atomic mass is 79.9. The van der Waals surface area contributed by atoms with Crippen molar-refractivity contribution in [1.29, 1.82) is 0 Å². The van der Waals surface area contributed by atoms with E-state index in [1.807, 2.05) is 13.1 Å². The highest BCUT2D eigenvalue weighted by Gasteiger charge is 2.11. The zero-order valence-corrected chi connectivity index (χ0v) is 13.8. The molecule has 0 bridgehead atoms. The lowest BCUT2D eigenvalue weighted by molar-refractivity contribution is 0.122. The van der Waals surface area contributed by atoms with Crippen molar-refractivity contribution in [3.63, 3.8) is 0 Å². The van der Waals surface area contributed by atoms with Crippen LogP contribution in [0.5, 0.6) is 5.75 Å². The number of rotatable bonds is 8. The molecule has 1 aromatic heterocycles. The molecule has 4 nitrogen and oxygen atoms in total. The molecule has 0 aliphatic carbocycles. The van der Waals surface area contributed by atoms with Crippen LogP contribution in [0.4, 0.5) is 0 Å². The second kappa shape index (κ2) is 8.51. The van der Waals surface area contributed by atoms with Gasteiger partial charge in [0.15, 0.2) is 0 Å². The van der Waals surface area contributed by atoms with Crippen molar-refractivity contribution in [2.24, 2.45) is 0 Å². The van der Waals surface area contributed by atoms with E-state index in [-0.39, 0.29) is 0 Å². The number of aryl methyl sites for hydroxylation is 1. The molecular weight excluding hydrogens is 308 g/mol. The van der Waals surface area contributed by atoms with Gasteiger partial charge in [0, 0.05) is 35.7 Å². The maximum absolute atomic E-state index is 5.45. The van der Waals surface area contributed by atoms with Crippen molar-refractivity contribution in [2.45, 2.75) is 20.4 Å². The van der Waals surface area contributed by atoms with E-state index in [2.05, 4.69) is 39.8 Å². The van der Waals surface area contributed by atoms with Gasteiger partial charge in [0.1, 0.15) is 5.75 Å². The molecule has 0 saturated carbocycles. The maximum Gasteiger partial charge on any atom is 0.128 e. The maximum atomic E-state index is 5.45. The van der Waals surface area contributed by atoms with Crippen LogP contribution in [-0.4, -0.2) is 49.1 Å². The number of methoxy groups -OCH3 is 1. The van der Waals surface area contributed by atoms with Gasteiger partial charge in [0.05, 0.1) is 26.0 Å². The molecule has 108 valence electrons. The molecule has 5 heteroatoms. The number of ether oxygens (including phenoxy) is 2. The molecule has 19 heavy (non-hydrogen) atoms. The van der Waals surface area contributed by atoms with Gasteiger partial charge in [0.2, 0.25) is 0 Å². The van der Waals surface area contributed by atoms with Crippen molar-refractivity contribution in [1.82, 2.24) is 9.88 Å². The number of pyridine rings is 1. The molecule has 0 atom stereocenters. The van der Waals surface area contributed by atoms with Gasteiger partial charge in [-0.25, -0.2) is 0 Å². The van der Waals surface area contributed by atoms with Crippen molar-refractivity contribution >= 4 is 15.9 Å². The second-order valence-corrected chi connectivity index (χ2v) is 5.38. The van der Waals surface area contributed by atoms with Crippen LogP contribution in [0.1, 0.15) is 16.8 Å². The summed E-state index contributed by atoms with van der Waals surface area (Å²) in [7, 11) is 3.78. The number of nitrogens with zero attached hydrogens (tertiary/aromatic N) is 2. The first-order valence-electron chi connectivity index (χ1n) is 6.41. The third kappa shape index (κ3) is 5.09. The molecule has 1 aromatic rings. The van der Waals surface area contributed by atoms with Gasteiger partial charge in [-0.2, -0.15) is 0 Å². The molecular formula is C14H23BrN2O2. The lowest BCUT2D eigenvalue weighted by atomic mass is 10.1. The van der Waals surface area contributed by atoms with Crippen molar-refractivity contribution in [3.05, 3.63) is 23.0 Å². The van der Waals surface area contributed by atoms with E-state index in [9.17, 15) is 0 Å². The second-order valence-electron chi connectivity index (χ2n) is 4.59. The van der Waals surface area contributed by atoms with Gasteiger partial charge in [-0.1, -0.05) is 15.9 Å². The summed E-state index contributed by atoms with van der Waals surface area (Å²) in [6.45, 7) is 7.27. The van der Waals surface area contributed by atoms with Crippen LogP contribution < -0.4 is 4.74 Å². The summed E-state index contributed by atoms with van der Waals surface area (Å²) in [5.41, 5.74) is 3.26. The van der Waals surface area contributed by atoms with Gasteiger partial charge in [-0.15, -0.1) is 0 Å². The van der Waals surface area contributed by atoms with Crippen molar-refractivity contribution < 1.29 is 9.47 Å². The highest BCUT2D eigenvalue weighted by molar-refractivity contribution is 9.09. The Morgan fingerprint density at radius 2 is 2.05 bits per heavy atom. The summed E-state index contributed by atoms with van der Waals surface area (Å²) in [4.78, 5) is 6.71. The minimum absolute atomic E-state index is 0.740. The predicted octanol–water partition coefficient (Wildman–Crippen LogP) is 2.55. The van der Waals surface area contributed by atoms with Gasteiger partial charge in [-0.3, -0.25) is 9.88 Å². The smallest absolute Gasteiger partial charge is 0.128 e. The minimum atomic E-state index is 0.740. The average Bonchev–Trinajstić information content (AvgIpc) is 2.39. The van der Waals surface area contributed by atoms with Gasteiger partial charge < -0.3 is 9.47 Å². The fraction of sp³-hybridized carbons (Fsp3) is 0.643. The van der Waals surface area contributed by atoms with Crippen LogP contribution >= 0.6 is 15.9 Å². The summed E-state index contributed by atoms with van der Waals surface area (Å²) in [5.74, 6) is 0.939. The Morgan fingerprint density at radius 1 is 1.32 bits per heavy atom. The lowest BCUT2D eigenvalue weighted by Crippen LogP contribution is -2.24. The quantitative estimate of drug-likeness (QED) is 0.542. The molecule has 0 aliphatic rings. The molecule has 0 aromatic carbocycles. The van der Waals surface area contributed by atoms with Gasteiger partial charge in [-0.05, 0) is 20.9 Å². The fourth-order valence-corrected chi connectivity index (χ4v) is 2.17. The normalized spacial score (nSPS) is 11.1. The minimum Gasteiger partial charge on any atom is -0.496 e. The number of alkyl halides is 1. The van der Waals surface area contributed by atoms with E-state index < -0.39 is 0 Å². The molecule has 1 heterocycles. The number of likely N-dealkylation sites (N-methyl/N-ethyl adjacent to an activating group) is 1. The summed E-state index contributed by atoms with van der Waals surface area (Å²) in [6, 6.07) is 0. The number of hydrogen-bond donors (Lipinski definition) is 0. The standard InChI is InChI=1S/C14H23BrN2O2/c1-11-9-16-13(12(2)14(11)18-4)10-17(3)6-8-19-7-5-15/h9H,5-8,10H2,1-4H3. The molecule has 0 saturated heterocycles. The van der Waals surface area contributed by atoms with Crippen LogP contribution in [0.2, 0.25) is 0 Å². The van der Waals surface area contributed by atoms with Gasteiger partial charge >= 0.3 is 0 Å².